The van der Waals surface area contributed by atoms with Crippen molar-refractivity contribution in [1.29, 1.82) is 0 Å². The van der Waals surface area contributed by atoms with Crippen molar-refractivity contribution in [2.24, 2.45) is 0 Å². The van der Waals surface area contributed by atoms with Crippen molar-refractivity contribution in [2.45, 2.75) is 26.4 Å². The van der Waals surface area contributed by atoms with Gasteiger partial charge in [-0.05, 0) is 0 Å². The SMILES string of the molecule is CC.Cc1[c-]cc(C#CC2(O)COC2)cc1.[Y]. The van der Waals surface area contributed by atoms with Crippen molar-refractivity contribution in [3.8, 4) is 11.8 Å². The topological polar surface area (TPSA) is 29.5 Å². The molecule has 17 heavy (non-hydrogen) atoms. The molecule has 89 valence electrons. The summed E-state index contributed by atoms with van der Waals surface area (Å²) in [5, 5.41) is 9.62. The van der Waals surface area contributed by atoms with Crippen molar-refractivity contribution in [3.63, 3.8) is 0 Å². The maximum atomic E-state index is 9.62. The third-order valence-electron chi connectivity index (χ3n) is 2.09. The van der Waals surface area contributed by atoms with Gasteiger partial charge in [0.25, 0.3) is 0 Å². The van der Waals surface area contributed by atoms with Gasteiger partial charge in [0.15, 0.2) is 5.60 Å². The minimum absolute atomic E-state index is 0. The summed E-state index contributed by atoms with van der Waals surface area (Å²) in [5.41, 5.74) is 1.03. The van der Waals surface area contributed by atoms with Crippen LogP contribution in [0.1, 0.15) is 25.0 Å². The average molecular weight is 306 g/mol. The predicted octanol–water partition coefficient (Wildman–Crippen LogP) is 1.93. The maximum absolute atomic E-state index is 9.62. The molecule has 2 nitrogen and oxygen atoms in total. The van der Waals surface area contributed by atoms with Gasteiger partial charge in [-0.15, -0.1) is 5.92 Å². The zero-order chi connectivity index (χ0) is 12.0. The second kappa shape index (κ2) is 8.00. The molecular weight excluding hydrogens is 289 g/mol. The summed E-state index contributed by atoms with van der Waals surface area (Å²) in [6.07, 6.45) is 0. The van der Waals surface area contributed by atoms with E-state index in [0.29, 0.717) is 13.2 Å². The zero-order valence-electron chi connectivity index (χ0n) is 10.6. The molecule has 1 aromatic rings. The van der Waals surface area contributed by atoms with Crippen LogP contribution in [-0.4, -0.2) is 23.9 Å². The standard InChI is InChI=1S/C12H11O2.C2H6.Y/c1-10-2-4-11(5-3-10)6-7-12(13)8-14-9-12;1-2;/h2,4-5,13H,8-9H2,1H3;1-2H3;/q-1;;. The molecule has 2 rings (SSSR count). The van der Waals surface area contributed by atoms with E-state index >= 15 is 0 Å². The molecule has 0 atom stereocenters. The molecule has 1 fully saturated rings. The van der Waals surface area contributed by atoms with Gasteiger partial charge in [0.2, 0.25) is 0 Å². The molecule has 1 saturated heterocycles. The molecule has 0 spiro atoms. The molecular formula is C14H17O2Y-. The van der Waals surface area contributed by atoms with Crippen LogP contribution in [0.15, 0.2) is 18.2 Å². The Morgan fingerprint density at radius 2 is 2.00 bits per heavy atom. The van der Waals surface area contributed by atoms with Crippen LogP contribution in [0, 0.1) is 24.8 Å². The smallest absolute Gasteiger partial charge is 0.171 e. The van der Waals surface area contributed by atoms with Crippen LogP contribution in [-0.2, 0) is 37.4 Å². The first-order valence-corrected chi connectivity index (χ1v) is 5.50. The van der Waals surface area contributed by atoms with Crippen LogP contribution in [0.2, 0.25) is 0 Å². The molecule has 0 bridgehead atoms. The van der Waals surface area contributed by atoms with E-state index in [0.717, 1.165) is 11.1 Å². The van der Waals surface area contributed by atoms with Gasteiger partial charge in [-0.3, -0.25) is 0 Å². The van der Waals surface area contributed by atoms with Gasteiger partial charge < -0.3 is 9.84 Å². The molecule has 0 aliphatic carbocycles. The van der Waals surface area contributed by atoms with Crippen LogP contribution >= 0.6 is 0 Å². The van der Waals surface area contributed by atoms with E-state index in [9.17, 15) is 5.11 Å². The molecule has 1 aliphatic rings. The largest absolute Gasteiger partial charge is 0.373 e. The van der Waals surface area contributed by atoms with Crippen LogP contribution in [0.3, 0.4) is 0 Å². The Labute approximate surface area is 129 Å². The number of ether oxygens (including phenoxy) is 1. The van der Waals surface area contributed by atoms with Crippen LogP contribution < -0.4 is 0 Å². The molecule has 1 aliphatic heterocycles. The van der Waals surface area contributed by atoms with Gasteiger partial charge in [-0.25, -0.2) is 0 Å². The average Bonchev–Trinajstić information content (AvgIpc) is 2.29. The molecule has 3 heteroatoms. The molecule has 0 aromatic heterocycles. The van der Waals surface area contributed by atoms with E-state index in [-0.39, 0.29) is 32.7 Å². The first-order chi connectivity index (χ1) is 7.68. The first kappa shape index (κ1) is 16.8. The van der Waals surface area contributed by atoms with Crippen molar-refractivity contribution in [2.75, 3.05) is 13.2 Å². The molecule has 0 unspecified atom stereocenters. The number of aliphatic hydroxyl groups is 1. The zero-order valence-corrected chi connectivity index (χ0v) is 13.4. The van der Waals surface area contributed by atoms with Crippen molar-refractivity contribution in [1.82, 2.24) is 0 Å². The normalized spacial score (nSPS) is 15.1. The van der Waals surface area contributed by atoms with E-state index in [1.165, 1.54) is 0 Å². The monoisotopic (exact) mass is 306 g/mol. The van der Waals surface area contributed by atoms with E-state index in [1.807, 2.05) is 39.0 Å². The summed E-state index contributed by atoms with van der Waals surface area (Å²) in [5.74, 6) is 5.69. The Hall–Kier alpha value is -0.196. The number of hydrogen-bond acceptors (Lipinski definition) is 2. The molecule has 1 aromatic carbocycles. The summed E-state index contributed by atoms with van der Waals surface area (Å²) < 4.78 is 4.89. The Morgan fingerprint density at radius 1 is 1.35 bits per heavy atom. The second-order valence-corrected chi connectivity index (χ2v) is 3.53. The van der Waals surface area contributed by atoms with Gasteiger partial charge in [0.05, 0.1) is 13.2 Å². The summed E-state index contributed by atoms with van der Waals surface area (Å²) >= 11 is 0. The van der Waals surface area contributed by atoms with E-state index in [1.54, 1.807) is 0 Å². The fraction of sp³-hybridized carbons (Fsp3) is 0.429. The van der Waals surface area contributed by atoms with Crippen molar-refractivity contribution in [3.05, 3.63) is 35.4 Å². The van der Waals surface area contributed by atoms with Gasteiger partial charge in [-0.2, -0.15) is 29.8 Å². The number of benzene rings is 1. The Kier molecular flexibility index (Phi) is 7.91. The summed E-state index contributed by atoms with van der Waals surface area (Å²) in [6, 6.07) is 8.75. The Morgan fingerprint density at radius 3 is 2.41 bits per heavy atom. The first-order valence-electron chi connectivity index (χ1n) is 5.50. The Bertz CT molecular complexity index is 383. The Balaban J connectivity index is 0.000000811. The molecule has 1 radical (unpaired) electrons. The van der Waals surface area contributed by atoms with E-state index < -0.39 is 5.60 Å². The molecule has 0 saturated carbocycles. The van der Waals surface area contributed by atoms with E-state index in [2.05, 4.69) is 17.9 Å². The second-order valence-electron chi connectivity index (χ2n) is 3.53. The fourth-order valence-corrected chi connectivity index (χ4v) is 1.14. The molecule has 1 N–H and O–H groups in total. The molecule has 0 amide bonds. The summed E-state index contributed by atoms with van der Waals surface area (Å²) in [4.78, 5) is 0. The van der Waals surface area contributed by atoms with Crippen LogP contribution in [0.4, 0.5) is 0 Å². The quantitative estimate of drug-likeness (QED) is 0.586. The van der Waals surface area contributed by atoms with Gasteiger partial charge >= 0.3 is 0 Å². The predicted molar refractivity (Wildman–Crippen MR) is 64.0 cm³/mol. The third-order valence-corrected chi connectivity index (χ3v) is 2.09. The van der Waals surface area contributed by atoms with Crippen molar-refractivity contribution >= 4 is 0 Å². The summed E-state index contributed by atoms with van der Waals surface area (Å²) in [7, 11) is 0. The van der Waals surface area contributed by atoms with E-state index in [4.69, 9.17) is 4.74 Å². The number of aryl methyl sites for hydroxylation is 1. The minimum Gasteiger partial charge on any atom is -0.373 e. The van der Waals surface area contributed by atoms with Crippen LogP contribution in [0.25, 0.3) is 0 Å². The van der Waals surface area contributed by atoms with Gasteiger partial charge in [-0.1, -0.05) is 32.3 Å². The van der Waals surface area contributed by atoms with Gasteiger partial charge in [0, 0.05) is 32.7 Å². The van der Waals surface area contributed by atoms with Crippen LogP contribution in [0.5, 0.6) is 0 Å². The molecule has 1 heterocycles. The number of hydrogen-bond donors (Lipinski definition) is 1. The maximum Gasteiger partial charge on any atom is 0.171 e. The summed E-state index contributed by atoms with van der Waals surface area (Å²) in [6.45, 7) is 6.61. The fourth-order valence-electron chi connectivity index (χ4n) is 1.14. The van der Waals surface area contributed by atoms with Crippen molar-refractivity contribution < 1.29 is 42.6 Å². The minimum atomic E-state index is -0.926. The van der Waals surface area contributed by atoms with Gasteiger partial charge in [0.1, 0.15) is 0 Å². The number of rotatable bonds is 0. The third kappa shape index (κ3) is 5.31.